The van der Waals surface area contributed by atoms with Crippen molar-refractivity contribution in [3.63, 3.8) is 0 Å². The first kappa shape index (κ1) is 17.5. The topological polar surface area (TPSA) is 68.2 Å². The molecule has 6 nitrogen and oxygen atoms in total. The van der Waals surface area contributed by atoms with Gasteiger partial charge in [-0.1, -0.05) is 13.8 Å². The first-order chi connectivity index (χ1) is 9.69. The Balaban J connectivity index is 2.43. The molecule has 2 N–H and O–H groups in total. The highest BCUT2D eigenvalue weighted by Crippen LogP contribution is 2.07. The van der Waals surface area contributed by atoms with Crippen molar-refractivity contribution in [2.75, 3.05) is 6.54 Å². The molecule has 0 saturated carbocycles. The normalized spacial score (nSPS) is 13.3. The predicted octanol–water partition coefficient (Wildman–Crippen LogP) is 2.06. The lowest BCUT2D eigenvalue weighted by Gasteiger charge is -2.24. The number of imidazole rings is 1. The van der Waals surface area contributed by atoms with Crippen molar-refractivity contribution in [3.05, 3.63) is 18.2 Å². The number of hydrogen-bond acceptors (Lipinski definition) is 4. The minimum atomic E-state index is -0.474. The number of ether oxygens (including phenoxy) is 1. The van der Waals surface area contributed by atoms with E-state index in [0.29, 0.717) is 19.0 Å². The van der Waals surface area contributed by atoms with Gasteiger partial charge in [-0.2, -0.15) is 0 Å². The lowest BCUT2D eigenvalue weighted by atomic mass is 10.0. The van der Waals surface area contributed by atoms with E-state index in [-0.39, 0.29) is 12.1 Å². The Bertz CT molecular complexity index is 449. The van der Waals surface area contributed by atoms with E-state index < -0.39 is 5.60 Å². The highest BCUT2D eigenvalue weighted by molar-refractivity contribution is 5.67. The van der Waals surface area contributed by atoms with Crippen molar-refractivity contribution in [2.45, 2.75) is 52.8 Å². The van der Waals surface area contributed by atoms with Crippen molar-refractivity contribution in [1.82, 2.24) is 20.2 Å². The zero-order chi connectivity index (χ0) is 16.0. The fraction of sp³-hybridized carbons (Fsp3) is 0.733. The summed E-state index contributed by atoms with van der Waals surface area (Å²) in [5.74, 6) is 1.36. The van der Waals surface area contributed by atoms with E-state index in [9.17, 15) is 4.79 Å². The average Bonchev–Trinajstić information content (AvgIpc) is 2.72. The van der Waals surface area contributed by atoms with Crippen molar-refractivity contribution in [1.29, 1.82) is 0 Å². The van der Waals surface area contributed by atoms with Gasteiger partial charge in [-0.15, -0.1) is 0 Å². The van der Waals surface area contributed by atoms with Crippen LogP contribution in [-0.2, 0) is 18.3 Å². The van der Waals surface area contributed by atoms with Gasteiger partial charge in [-0.25, -0.2) is 9.78 Å². The zero-order valence-corrected chi connectivity index (χ0v) is 13.9. The van der Waals surface area contributed by atoms with E-state index >= 15 is 0 Å². The molecule has 0 fully saturated rings. The fourth-order valence-corrected chi connectivity index (χ4v) is 1.84. The number of aromatic nitrogens is 2. The van der Waals surface area contributed by atoms with Crippen LogP contribution < -0.4 is 10.6 Å². The third-order valence-electron chi connectivity index (χ3n) is 3.11. The molecule has 0 aliphatic rings. The molecule has 21 heavy (non-hydrogen) atoms. The molecule has 0 aromatic carbocycles. The first-order valence-electron chi connectivity index (χ1n) is 7.35. The van der Waals surface area contributed by atoms with E-state index in [2.05, 4.69) is 29.5 Å². The number of nitrogens with zero attached hydrogens (tertiary/aromatic N) is 2. The molecule has 0 bridgehead atoms. The third-order valence-corrected chi connectivity index (χ3v) is 3.11. The summed E-state index contributed by atoms with van der Waals surface area (Å²) in [6.07, 6.45) is 3.31. The molecular formula is C15H28N4O2. The van der Waals surface area contributed by atoms with Crippen LogP contribution in [0.1, 0.15) is 40.4 Å². The number of hydrogen-bond donors (Lipinski definition) is 2. The Labute approximate surface area is 127 Å². The van der Waals surface area contributed by atoms with Gasteiger partial charge in [-0.3, -0.25) is 0 Å². The van der Waals surface area contributed by atoms with E-state index in [4.69, 9.17) is 4.74 Å². The summed E-state index contributed by atoms with van der Waals surface area (Å²) in [5.41, 5.74) is -0.474. The molecule has 1 unspecified atom stereocenters. The maximum atomic E-state index is 11.7. The maximum absolute atomic E-state index is 11.7. The summed E-state index contributed by atoms with van der Waals surface area (Å²) in [6, 6.07) is 0.161. The molecule has 1 rings (SSSR count). The Morgan fingerprint density at radius 2 is 2.10 bits per heavy atom. The van der Waals surface area contributed by atoms with Crippen molar-refractivity contribution in [3.8, 4) is 0 Å². The van der Waals surface area contributed by atoms with Crippen molar-refractivity contribution >= 4 is 6.09 Å². The largest absolute Gasteiger partial charge is 0.444 e. The van der Waals surface area contributed by atoms with E-state index in [0.717, 1.165) is 5.82 Å². The highest BCUT2D eigenvalue weighted by Gasteiger charge is 2.19. The van der Waals surface area contributed by atoms with Crippen LogP contribution in [-0.4, -0.2) is 33.8 Å². The van der Waals surface area contributed by atoms with Gasteiger partial charge in [-0.05, 0) is 26.7 Å². The molecule has 1 atom stereocenters. The molecular weight excluding hydrogens is 268 g/mol. The van der Waals surface area contributed by atoms with Gasteiger partial charge in [0.2, 0.25) is 0 Å². The van der Waals surface area contributed by atoms with E-state index in [1.165, 1.54) is 0 Å². The molecule has 0 spiro atoms. The first-order valence-corrected chi connectivity index (χ1v) is 7.35. The zero-order valence-electron chi connectivity index (χ0n) is 13.9. The van der Waals surface area contributed by atoms with Gasteiger partial charge in [0.15, 0.2) is 0 Å². The Kier molecular flexibility index (Phi) is 6.20. The third kappa shape index (κ3) is 6.62. The van der Waals surface area contributed by atoms with Crippen LogP contribution in [0, 0.1) is 5.92 Å². The average molecular weight is 296 g/mol. The van der Waals surface area contributed by atoms with Crippen LogP contribution in [0.15, 0.2) is 12.4 Å². The van der Waals surface area contributed by atoms with Crippen LogP contribution in [0.25, 0.3) is 0 Å². The second-order valence-electron chi connectivity index (χ2n) is 6.57. The molecule has 6 heteroatoms. The van der Waals surface area contributed by atoms with Crippen molar-refractivity contribution < 1.29 is 9.53 Å². The van der Waals surface area contributed by atoms with E-state index in [1.807, 2.05) is 38.6 Å². The summed E-state index contributed by atoms with van der Waals surface area (Å²) in [7, 11) is 1.97. The summed E-state index contributed by atoms with van der Waals surface area (Å²) < 4.78 is 7.22. The number of rotatable bonds is 6. The van der Waals surface area contributed by atoms with Crippen LogP contribution in [0.2, 0.25) is 0 Å². The molecule has 0 aliphatic carbocycles. The van der Waals surface area contributed by atoms with Crippen molar-refractivity contribution in [2.24, 2.45) is 13.0 Å². The molecule has 0 radical (unpaired) electrons. The Morgan fingerprint density at radius 1 is 1.43 bits per heavy atom. The van der Waals surface area contributed by atoms with Gasteiger partial charge >= 0.3 is 6.09 Å². The second kappa shape index (κ2) is 7.45. The van der Waals surface area contributed by atoms with Gasteiger partial charge in [0.05, 0.1) is 6.54 Å². The quantitative estimate of drug-likeness (QED) is 0.843. The van der Waals surface area contributed by atoms with Gasteiger partial charge < -0.3 is 19.9 Å². The number of nitrogens with one attached hydrogen (secondary N) is 2. The molecule has 0 saturated heterocycles. The molecule has 0 aliphatic heterocycles. The van der Waals surface area contributed by atoms with Gasteiger partial charge in [0, 0.05) is 32.0 Å². The molecule has 1 amide bonds. The summed E-state index contributed by atoms with van der Waals surface area (Å²) >= 11 is 0. The Hall–Kier alpha value is -1.56. The lowest BCUT2D eigenvalue weighted by molar-refractivity contribution is 0.0519. The number of alkyl carbamates (subject to hydrolysis) is 1. The molecule has 1 heterocycles. The SMILES string of the molecule is CC(C)C(CNC(=O)OC(C)(C)C)NCc1nccn1C. The highest BCUT2D eigenvalue weighted by atomic mass is 16.6. The van der Waals surface area contributed by atoms with E-state index in [1.54, 1.807) is 6.20 Å². The van der Waals surface area contributed by atoms with Crippen LogP contribution in [0.3, 0.4) is 0 Å². The summed E-state index contributed by atoms with van der Waals surface area (Å²) in [4.78, 5) is 16.0. The van der Waals surface area contributed by atoms with Gasteiger partial charge in [0.1, 0.15) is 11.4 Å². The number of aryl methyl sites for hydroxylation is 1. The summed E-state index contributed by atoms with van der Waals surface area (Å²) in [6.45, 7) is 11.0. The lowest BCUT2D eigenvalue weighted by Crippen LogP contribution is -2.45. The molecule has 1 aromatic heterocycles. The minimum Gasteiger partial charge on any atom is -0.444 e. The second-order valence-corrected chi connectivity index (χ2v) is 6.57. The number of amides is 1. The standard InChI is InChI=1S/C15H28N4O2/c1-11(2)12(9-18-14(20)21-15(3,4)5)17-10-13-16-7-8-19(13)6/h7-8,11-12,17H,9-10H2,1-6H3,(H,18,20). The van der Waals surface area contributed by atoms with Crippen LogP contribution in [0.4, 0.5) is 4.79 Å². The molecule has 1 aromatic rings. The molecule has 120 valence electrons. The smallest absolute Gasteiger partial charge is 0.407 e. The Morgan fingerprint density at radius 3 is 2.57 bits per heavy atom. The number of carbonyl (C=O) groups is 1. The minimum absolute atomic E-state index is 0.161. The number of carbonyl (C=O) groups excluding carboxylic acids is 1. The monoisotopic (exact) mass is 296 g/mol. The van der Waals surface area contributed by atoms with Gasteiger partial charge in [0.25, 0.3) is 0 Å². The van der Waals surface area contributed by atoms with Crippen LogP contribution in [0.5, 0.6) is 0 Å². The fourth-order valence-electron chi connectivity index (χ4n) is 1.84. The maximum Gasteiger partial charge on any atom is 0.407 e. The summed E-state index contributed by atoms with van der Waals surface area (Å²) in [5, 5.41) is 6.24. The predicted molar refractivity (Wildman–Crippen MR) is 82.9 cm³/mol. The van der Waals surface area contributed by atoms with Crippen LogP contribution >= 0.6 is 0 Å².